The minimum Gasteiger partial charge on any atom is -0.269 e. The van der Waals surface area contributed by atoms with Gasteiger partial charge in [0, 0.05) is 11.9 Å². The summed E-state index contributed by atoms with van der Waals surface area (Å²) in [6, 6.07) is 12.8. The predicted octanol–water partition coefficient (Wildman–Crippen LogP) is 3.85. The van der Waals surface area contributed by atoms with Crippen LogP contribution in [0.1, 0.15) is 11.1 Å². The van der Waals surface area contributed by atoms with E-state index in [1.807, 2.05) is 50.4 Å². The Hall–Kier alpha value is -1.46. The maximum Gasteiger partial charge on any atom is 0.264 e. The van der Waals surface area contributed by atoms with E-state index in [2.05, 4.69) is 0 Å². The van der Waals surface area contributed by atoms with E-state index in [0.29, 0.717) is 4.90 Å². The molecule has 5 heteroatoms. The zero-order valence-electron chi connectivity index (χ0n) is 12.6. The average Bonchev–Trinajstić information content (AvgIpc) is 2.47. The van der Waals surface area contributed by atoms with Crippen molar-refractivity contribution >= 4 is 27.5 Å². The number of hydrogen-bond donors (Lipinski definition) is 0. The molecule has 0 unspecified atom stereocenters. The van der Waals surface area contributed by atoms with Gasteiger partial charge >= 0.3 is 0 Å². The van der Waals surface area contributed by atoms with Crippen LogP contribution in [0.25, 0.3) is 0 Å². The Kier molecular flexibility index (Phi) is 4.64. The van der Waals surface area contributed by atoms with E-state index in [-0.39, 0.29) is 0 Å². The van der Waals surface area contributed by atoms with Crippen LogP contribution in [0.4, 0.5) is 5.69 Å². The molecular formula is C16H19NO2S2. The van der Waals surface area contributed by atoms with E-state index in [1.165, 1.54) is 4.31 Å². The number of rotatable bonds is 4. The van der Waals surface area contributed by atoms with Gasteiger partial charge in [0.2, 0.25) is 0 Å². The van der Waals surface area contributed by atoms with Crippen molar-refractivity contribution in [2.75, 3.05) is 17.6 Å². The molecule has 2 aromatic carbocycles. The van der Waals surface area contributed by atoms with Gasteiger partial charge in [-0.05, 0) is 55.5 Å². The first-order valence-corrected chi connectivity index (χ1v) is 9.23. The molecule has 0 saturated heterocycles. The summed E-state index contributed by atoms with van der Waals surface area (Å²) >= 11 is 1.59. The largest absolute Gasteiger partial charge is 0.269 e. The van der Waals surface area contributed by atoms with Crippen molar-refractivity contribution in [2.24, 2.45) is 0 Å². The molecule has 0 aliphatic heterocycles. The predicted molar refractivity (Wildman–Crippen MR) is 89.7 cm³/mol. The third-order valence-corrected chi connectivity index (χ3v) is 5.99. The van der Waals surface area contributed by atoms with Crippen LogP contribution in [0.5, 0.6) is 0 Å². The number of thioether (sulfide) groups is 1. The maximum atomic E-state index is 12.8. The van der Waals surface area contributed by atoms with Gasteiger partial charge in [0.15, 0.2) is 0 Å². The second kappa shape index (κ2) is 6.12. The minimum absolute atomic E-state index is 0.311. The molecule has 2 rings (SSSR count). The summed E-state index contributed by atoms with van der Waals surface area (Å²) in [5.41, 5.74) is 2.63. The van der Waals surface area contributed by atoms with Gasteiger partial charge < -0.3 is 0 Å². The number of para-hydroxylation sites is 1. The van der Waals surface area contributed by atoms with Gasteiger partial charge in [0.05, 0.1) is 10.6 Å². The van der Waals surface area contributed by atoms with Crippen molar-refractivity contribution in [3.8, 4) is 0 Å². The summed E-state index contributed by atoms with van der Waals surface area (Å²) in [6.45, 7) is 3.84. The highest BCUT2D eigenvalue weighted by atomic mass is 32.2. The average molecular weight is 321 g/mol. The Bertz CT molecular complexity index is 717. The monoisotopic (exact) mass is 321 g/mol. The van der Waals surface area contributed by atoms with Crippen molar-refractivity contribution in [1.29, 1.82) is 0 Å². The normalized spacial score (nSPS) is 11.4. The molecule has 0 aromatic heterocycles. The second-order valence-corrected chi connectivity index (χ2v) is 7.74. The number of sulfonamides is 1. The van der Waals surface area contributed by atoms with Gasteiger partial charge in [0.25, 0.3) is 10.0 Å². The summed E-state index contributed by atoms with van der Waals surface area (Å²) in [4.78, 5) is 1.36. The van der Waals surface area contributed by atoms with Gasteiger partial charge in [-0.2, -0.15) is 0 Å². The quantitative estimate of drug-likeness (QED) is 0.803. The summed E-state index contributed by atoms with van der Waals surface area (Å²) in [7, 11) is -1.93. The van der Waals surface area contributed by atoms with Crippen LogP contribution in [0.15, 0.2) is 52.3 Å². The van der Waals surface area contributed by atoms with Crippen LogP contribution in [0.3, 0.4) is 0 Å². The Morgan fingerprint density at radius 3 is 1.95 bits per heavy atom. The zero-order chi connectivity index (χ0) is 15.6. The molecule has 0 radical (unpaired) electrons. The molecule has 0 heterocycles. The van der Waals surface area contributed by atoms with Gasteiger partial charge in [-0.25, -0.2) is 8.42 Å². The molecule has 0 aliphatic rings. The Balaban J connectivity index is 2.47. The van der Waals surface area contributed by atoms with Gasteiger partial charge in [-0.3, -0.25) is 4.31 Å². The van der Waals surface area contributed by atoms with Gasteiger partial charge in [0.1, 0.15) is 0 Å². The summed E-state index contributed by atoms with van der Waals surface area (Å²) in [5, 5.41) is 0. The van der Waals surface area contributed by atoms with E-state index in [0.717, 1.165) is 21.7 Å². The number of benzene rings is 2. The number of hydrogen-bond acceptors (Lipinski definition) is 3. The second-order valence-electron chi connectivity index (χ2n) is 4.89. The topological polar surface area (TPSA) is 37.4 Å². The Morgan fingerprint density at radius 1 is 0.952 bits per heavy atom. The molecule has 0 amide bonds. The number of anilines is 1. The van der Waals surface area contributed by atoms with Gasteiger partial charge in [-0.1, -0.05) is 18.2 Å². The molecule has 0 aliphatic carbocycles. The highest BCUT2D eigenvalue weighted by molar-refractivity contribution is 7.98. The fourth-order valence-electron chi connectivity index (χ4n) is 2.33. The fraction of sp³-hybridized carbons (Fsp3) is 0.250. The molecule has 0 spiro atoms. The molecular weight excluding hydrogens is 302 g/mol. The van der Waals surface area contributed by atoms with E-state index >= 15 is 0 Å². The zero-order valence-corrected chi connectivity index (χ0v) is 14.3. The SMILES string of the molecule is CSc1ccc(S(=O)(=O)N(C)c2c(C)cccc2C)cc1. The summed E-state index contributed by atoms with van der Waals surface area (Å²) in [5.74, 6) is 0. The lowest BCUT2D eigenvalue weighted by Gasteiger charge is -2.23. The van der Waals surface area contributed by atoms with E-state index in [4.69, 9.17) is 0 Å². The molecule has 0 bridgehead atoms. The lowest BCUT2D eigenvalue weighted by Crippen LogP contribution is -2.27. The first-order valence-electron chi connectivity index (χ1n) is 6.57. The van der Waals surface area contributed by atoms with E-state index < -0.39 is 10.0 Å². The highest BCUT2D eigenvalue weighted by Gasteiger charge is 2.23. The third kappa shape index (κ3) is 3.09. The molecule has 0 fully saturated rings. The molecule has 2 aromatic rings. The Labute approximate surface area is 131 Å². The van der Waals surface area contributed by atoms with Crippen molar-refractivity contribution in [1.82, 2.24) is 0 Å². The first-order chi connectivity index (χ1) is 9.87. The lowest BCUT2D eigenvalue weighted by molar-refractivity contribution is 0.594. The highest BCUT2D eigenvalue weighted by Crippen LogP contribution is 2.29. The fourth-order valence-corrected chi connectivity index (χ4v) is 4.06. The van der Waals surface area contributed by atoms with Crippen LogP contribution in [-0.2, 0) is 10.0 Å². The van der Waals surface area contributed by atoms with Crippen LogP contribution in [0.2, 0.25) is 0 Å². The number of aryl methyl sites for hydroxylation is 2. The van der Waals surface area contributed by atoms with Crippen molar-refractivity contribution in [2.45, 2.75) is 23.6 Å². The first kappa shape index (κ1) is 15.9. The minimum atomic E-state index is -3.54. The van der Waals surface area contributed by atoms with E-state index in [1.54, 1.807) is 30.9 Å². The third-order valence-electron chi connectivity index (χ3n) is 3.47. The molecule has 3 nitrogen and oxygen atoms in total. The Morgan fingerprint density at radius 2 is 1.48 bits per heavy atom. The summed E-state index contributed by atoms with van der Waals surface area (Å²) < 4.78 is 26.9. The van der Waals surface area contributed by atoms with Crippen LogP contribution >= 0.6 is 11.8 Å². The number of nitrogens with zero attached hydrogens (tertiary/aromatic N) is 1. The van der Waals surface area contributed by atoms with Crippen LogP contribution in [0, 0.1) is 13.8 Å². The van der Waals surface area contributed by atoms with E-state index in [9.17, 15) is 8.42 Å². The van der Waals surface area contributed by atoms with Crippen molar-refractivity contribution in [3.63, 3.8) is 0 Å². The summed E-state index contributed by atoms with van der Waals surface area (Å²) in [6.07, 6.45) is 1.96. The van der Waals surface area contributed by atoms with Crippen molar-refractivity contribution < 1.29 is 8.42 Å². The molecule has 0 atom stereocenters. The smallest absolute Gasteiger partial charge is 0.264 e. The molecule has 112 valence electrons. The maximum absolute atomic E-state index is 12.8. The standard InChI is InChI=1S/C16H19NO2S2/c1-12-6-5-7-13(2)16(12)17(3)21(18,19)15-10-8-14(20-4)9-11-15/h5-11H,1-4H3. The van der Waals surface area contributed by atoms with Crippen LogP contribution < -0.4 is 4.31 Å². The van der Waals surface area contributed by atoms with Crippen molar-refractivity contribution in [3.05, 3.63) is 53.6 Å². The molecule has 0 N–H and O–H groups in total. The van der Waals surface area contributed by atoms with Gasteiger partial charge in [-0.15, -0.1) is 11.8 Å². The lowest BCUT2D eigenvalue weighted by atomic mass is 10.1. The molecule has 0 saturated carbocycles. The molecule has 21 heavy (non-hydrogen) atoms. The van der Waals surface area contributed by atoms with Crippen LogP contribution in [-0.4, -0.2) is 21.7 Å².